The van der Waals surface area contributed by atoms with E-state index in [1.165, 1.54) is 0 Å². The van der Waals surface area contributed by atoms with Gasteiger partial charge < -0.3 is 4.74 Å². The molecule has 0 aromatic heterocycles. The first kappa shape index (κ1) is 20.0. The van der Waals surface area contributed by atoms with Crippen LogP contribution in [0.4, 0.5) is 30.7 Å². The van der Waals surface area contributed by atoms with Crippen LogP contribution in [0.25, 0.3) is 10.8 Å². The third kappa shape index (κ3) is 3.50. The lowest BCUT2D eigenvalue weighted by atomic mass is 10.1. The van der Waals surface area contributed by atoms with E-state index >= 15 is 0 Å². The lowest BCUT2D eigenvalue weighted by Gasteiger charge is -2.20. The summed E-state index contributed by atoms with van der Waals surface area (Å²) in [6.45, 7) is 1.71. The molecule has 1 nitrogen and oxygen atoms in total. The molecule has 8 heteroatoms. The molecule has 0 aliphatic heterocycles. The van der Waals surface area contributed by atoms with Crippen LogP contribution in [0.5, 0.6) is 5.75 Å². The third-order valence-corrected chi connectivity index (χ3v) is 4.17. The molecule has 0 spiro atoms. The fourth-order valence-corrected chi connectivity index (χ4v) is 2.86. The molecule has 3 aromatic carbocycles. The van der Waals surface area contributed by atoms with Crippen LogP contribution in [0.15, 0.2) is 36.4 Å². The van der Waals surface area contributed by atoms with Crippen molar-refractivity contribution in [2.45, 2.75) is 25.9 Å². The predicted octanol–water partition coefficient (Wildman–Crippen LogP) is 6.62. The number of rotatable bonds is 5. The standard InChI is InChI=1S/C20H13F7O/c1-2-3-10-4-6-13(18(24)17(10)23)20(26,27)28-12-8-11-5-7-14(21)19(25)16(11)15(22)9-12/h4-9H,2-3H2,1H3. The number of aryl methyl sites for hydroxylation is 1. The van der Waals surface area contributed by atoms with Crippen LogP contribution in [0, 0.1) is 29.1 Å². The van der Waals surface area contributed by atoms with Crippen molar-refractivity contribution in [3.8, 4) is 5.75 Å². The molecule has 0 N–H and O–H groups in total. The molecular formula is C20H13F7O. The maximum Gasteiger partial charge on any atom is 0.429 e. The second kappa shape index (κ2) is 7.33. The van der Waals surface area contributed by atoms with Crippen molar-refractivity contribution in [2.75, 3.05) is 0 Å². The summed E-state index contributed by atoms with van der Waals surface area (Å²) in [6, 6.07) is 4.64. The smallest absolute Gasteiger partial charge is 0.429 e. The van der Waals surface area contributed by atoms with Crippen LogP contribution in [0.3, 0.4) is 0 Å². The van der Waals surface area contributed by atoms with Gasteiger partial charge in [-0.05, 0) is 35.6 Å². The Morgan fingerprint density at radius 1 is 0.821 bits per heavy atom. The van der Waals surface area contributed by atoms with E-state index in [4.69, 9.17) is 0 Å². The zero-order valence-corrected chi connectivity index (χ0v) is 14.4. The Kier molecular flexibility index (Phi) is 5.23. The minimum atomic E-state index is -4.34. The molecule has 0 fully saturated rings. The monoisotopic (exact) mass is 402 g/mol. The Labute approximate surface area is 155 Å². The van der Waals surface area contributed by atoms with Crippen LogP contribution < -0.4 is 4.74 Å². The van der Waals surface area contributed by atoms with Gasteiger partial charge in [-0.3, -0.25) is 0 Å². The van der Waals surface area contributed by atoms with Crippen LogP contribution in [0.1, 0.15) is 24.5 Å². The molecule has 148 valence electrons. The van der Waals surface area contributed by atoms with Crippen molar-refractivity contribution in [2.24, 2.45) is 0 Å². The molecule has 0 amide bonds. The van der Waals surface area contributed by atoms with E-state index < -0.39 is 51.9 Å². The summed E-state index contributed by atoms with van der Waals surface area (Å²) in [5.41, 5.74) is -1.43. The van der Waals surface area contributed by atoms with Crippen molar-refractivity contribution < 1.29 is 35.5 Å². The lowest BCUT2D eigenvalue weighted by Crippen LogP contribution is -2.24. The SMILES string of the molecule is CCCc1ccc(C(F)(F)Oc2cc(F)c3c(F)c(F)ccc3c2)c(F)c1F. The van der Waals surface area contributed by atoms with E-state index in [-0.39, 0.29) is 17.4 Å². The first-order chi connectivity index (χ1) is 13.2. The number of alkyl halides is 2. The van der Waals surface area contributed by atoms with Crippen molar-refractivity contribution in [1.29, 1.82) is 0 Å². The van der Waals surface area contributed by atoms with Gasteiger partial charge in [0.1, 0.15) is 17.1 Å². The fourth-order valence-electron chi connectivity index (χ4n) is 2.86. The van der Waals surface area contributed by atoms with Crippen molar-refractivity contribution in [3.63, 3.8) is 0 Å². The molecule has 3 aromatic rings. The molecule has 0 unspecified atom stereocenters. The highest BCUT2D eigenvalue weighted by molar-refractivity contribution is 5.85. The molecule has 0 heterocycles. The van der Waals surface area contributed by atoms with Crippen LogP contribution in [0.2, 0.25) is 0 Å². The maximum absolute atomic E-state index is 14.4. The number of hydrogen-bond donors (Lipinski definition) is 0. The normalized spacial score (nSPS) is 11.9. The first-order valence-corrected chi connectivity index (χ1v) is 8.27. The van der Waals surface area contributed by atoms with E-state index in [0.717, 1.165) is 18.2 Å². The van der Waals surface area contributed by atoms with E-state index in [1.54, 1.807) is 6.92 Å². The molecule has 28 heavy (non-hydrogen) atoms. The van der Waals surface area contributed by atoms with E-state index in [2.05, 4.69) is 4.74 Å². The number of benzene rings is 3. The Morgan fingerprint density at radius 3 is 2.21 bits per heavy atom. The second-order valence-electron chi connectivity index (χ2n) is 6.13. The number of hydrogen-bond acceptors (Lipinski definition) is 1. The quantitative estimate of drug-likeness (QED) is 0.436. The van der Waals surface area contributed by atoms with Crippen molar-refractivity contribution in [3.05, 3.63) is 76.6 Å². The molecule has 0 saturated carbocycles. The largest absolute Gasteiger partial charge is 0.429 e. The lowest BCUT2D eigenvalue weighted by molar-refractivity contribution is -0.187. The van der Waals surface area contributed by atoms with E-state index in [0.29, 0.717) is 24.6 Å². The van der Waals surface area contributed by atoms with Gasteiger partial charge in [-0.15, -0.1) is 0 Å². The molecule has 0 radical (unpaired) electrons. The van der Waals surface area contributed by atoms with Gasteiger partial charge in [-0.25, -0.2) is 22.0 Å². The minimum Gasteiger partial charge on any atom is -0.429 e. The van der Waals surface area contributed by atoms with Gasteiger partial charge >= 0.3 is 6.11 Å². The Bertz CT molecular complexity index is 1050. The number of halogens is 7. The summed E-state index contributed by atoms with van der Waals surface area (Å²) in [6.07, 6.45) is -3.70. The van der Waals surface area contributed by atoms with Gasteiger partial charge in [-0.2, -0.15) is 8.78 Å². The van der Waals surface area contributed by atoms with Crippen molar-refractivity contribution in [1.82, 2.24) is 0 Å². The zero-order valence-electron chi connectivity index (χ0n) is 14.4. The summed E-state index contributed by atoms with van der Waals surface area (Å²) in [7, 11) is 0. The molecular weight excluding hydrogens is 389 g/mol. The van der Waals surface area contributed by atoms with E-state index in [1.807, 2.05) is 0 Å². The topological polar surface area (TPSA) is 9.23 Å². The van der Waals surface area contributed by atoms with Gasteiger partial charge in [-0.1, -0.05) is 25.5 Å². The van der Waals surface area contributed by atoms with Crippen molar-refractivity contribution >= 4 is 10.8 Å². The summed E-state index contributed by atoms with van der Waals surface area (Å²) in [4.78, 5) is 0. The van der Waals surface area contributed by atoms with Crippen LogP contribution in [-0.4, -0.2) is 0 Å². The summed E-state index contributed by atoms with van der Waals surface area (Å²) in [5, 5.41) is -0.980. The summed E-state index contributed by atoms with van der Waals surface area (Å²) >= 11 is 0. The van der Waals surface area contributed by atoms with Crippen LogP contribution >= 0.6 is 0 Å². The highest BCUT2D eigenvalue weighted by Gasteiger charge is 2.39. The molecule has 0 saturated heterocycles. The van der Waals surface area contributed by atoms with Gasteiger partial charge in [0.25, 0.3) is 0 Å². The summed E-state index contributed by atoms with van der Waals surface area (Å²) < 4.78 is 102. The molecule has 0 aliphatic carbocycles. The Hall–Kier alpha value is -2.77. The molecule has 0 atom stereocenters. The average molecular weight is 402 g/mol. The molecule has 0 bridgehead atoms. The van der Waals surface area contributed by atoms with Gasteiger partial charge in [0.05, 0.1) is 5.39 Å². The number of ether oxygens (including phenoxy) is 1. The molecule has 0 aliphatic rings. The van der Waals surface area contributed by atoms with Gasteiger partial charge in [0, 0.05) is 6.07 Å². The Balaban J connectivity index is 2.01. The first-order valence-electron chi connectivity index (χ1n) is 8.27. The average Bonchev–Trinajstić information content (AvgIpc) is 2.61. The summed E-state index contributed by atoms with van der Waals surface area (Å²) in [5.74, 6) is -8.08. The predicted molar refractivity (Wildman–Crippen MR) is 88.7 cm³/mol. The Morgan fingerprint density at radius 2 is 1.54 bits per heavy atom. The highest BCUT2D eigenvalue weighted by atomic mass is 19.3. The van der Waals surface area contributed by atoms with E-state index in [9.17, 15) is 30.7 Å². The van der Waals surface area contributed by atoms with Gasteiger partial charge in [0.15, 0.2) is 23.3 Å². The number of fused-ring (bicyclic) bond motifs is 1. The highest BCUT2D eigenvalue weighted by Crippen LogP contribution is 2.37. The maximum atomic E-state index is 14.4. The second-order valence-corrected chi connectivity index (χ2v) is 6.13. The molecule has 3 rings (SSSR count). The third-order valence-electron chi connectivity index (χ3n) is 4.17. The minimum absolute atomic E-state index is 0.0613. The zero-order chi connectivity index (χ0) is 20.6. The van der Waals surface area contributed by atoms with Crippen LogP contribution in [-0.2, 0) is 12.5 Å². The van der Waals surface area contributed by atoms with Gasteiger partial charge in [0.2, 0.25) is 0 Å². The fraction of sp³-hybridized carbons (Fsp3) is 0.200.